The molecule has 2 rings (SSSR count). The Morgan fingerprint density at radius 2 is 2.00 bits per heavy atom. The third kappa shape index (κ3) is 3.45. The largest absolute Gasteiger partial charge is 0.306 e. The number of aryl methyl sites for hydroxylation is 1. The lowest BCUT2D eigenvalue weighted by molar-refractivity contribution is 0.530. The molecule has 0 saturated heterocycles. The summed E-state index contributed by atoms with van der Waals surface area (Å²) in [5, 5.41) is 5.31. The Morgan fingerprint density at radius 3 is 2.60 bits per heavy atom. The van der Waals surface area contributed by atoms with Crippen molar-refractivity contribution in [3.05, 3.63) is 55.7 Å². The number of nitrogens with one attached hydrogen (secondary N) is 1. The molecule has 1 nitrogen and oxygen atoms in total. The van der Waals surface area contributed by atoms with Crippen LogP contribution in [0.2, 0.25) is 0 Å². The fourth-order valence-electron chi connectivity index (χ4n) is 2.07. The highest BCUT2D eigenvalue weighted by Crippen LogP contribution is 2.31. The minimum Gasteiger partial charge on any atom is -0.306 e. The SMILES string of the molecule is CCCNC(c1csc(Br)c1)c1cc(C)c(F)cc1F. The maximum Gasteiger partial charge on any atom is 0.131 e. The predicted octanol–water partition coefficient (Wildman–Crippen LogP) is 5.19. The lowest BCUT2D eigenvalue weighted by atomic mass is 9.98. The summed E-state index contributed by atoms with van der Waals surface area (Å²) in [6.07, 6.45) is 0.948. The number of hydrogen-bond acceptors (Lipinski definition) is 2. The van der Waals surface area contributed by atoms with Crippen LogP contribution in [0.4, 0.5) is 8.78 Å². The lowest BCUT2D eigenvalue weighted by Gasteiger charge is -2.19. The zero-order valence-electron chi connectivity index (χ0n) is 11.3. The summed E-state index contributed by atoms with van der Waals surface area (Å²) < 4.78 is 28.5. The Labute approximate surface area is 130 Å². The molecular formula is C15H16BrF2NS. The molecule has 0 spiro atoms. The average Bonchev–Trinajstić information content (AvgIpc) is 2.82. The number of thiophene rings is 1. The van der Waals surface area contributed by atoms with Gasteiger partial charge in [0.25, 0.3) is 0 Å². The molecule has 20 heavy (non-hydrogen) atoms. The van der Waals surface area contributed by atoms with Gasteiger partial charge in [-0.15, -0.1) is 11.3 Å². The van der Waals surface area contributed by atoms with E-state index in [-0.39, 0.29) is 6.04 Å². The Morgan fingerprint density at radius 1 is 1.25 bits per heavy atom. The highest BCUT2D eigenvalue weighted by molar-refractivity contribution is 9.11. The standard InChI is InChI=1S/C15H16BrF2NS/c1-3-4-19-15(10-6-14(16)20-8-10)11-5-9(2)12(17)7-13(11)18/h5-8,15,19H,3-4H2,1-2H3. The first-order valence-corrected chi connectivity index (χ1v) is 8.13. The van der Waals surface area contributed by atoms with E-state index in [1.165, 1.54) is 0 Å². The first-order valence-electron chi connectivity index (χ1n) is 6.45. The number of hydrogen-bond donors (Lipinski definition) is 1. The highest BCUT2D eigenvalue weighted by atomic mass is 79.9. The second-order valence-electron chi connectivity index (χ2n) is 4.69. The van der Waals surface area contributed by atoms with Gasteiger partial charge in [-0.3, -0.25) is 0 Å². The summed E-state index contributed by atoms with van der Waals surface area (Å²) in [7, 11) is 0. The molecule has 1 aromatic carbocycles. The van der Waals surface area contributed by atoms with E-state index >= 15 is 0 Å². The van der Waals surface area contributed by atoms with Gasteiger partial charge >= 0.3 is 0 Å². The summed E-state index contributed by atoms with van der Waals surface area (Å²) >= 11 is 4.98. The van der Waals surface area contributed by atoms with E-state index in [1.807, 2.05) is 11.4 Å². The molecule has 0 fully saturated rings. The van der Waals surface area contributed by atoms with Crippen LogP contribution in [0.25, 0.3) is 0 Å². The van der Waals surface area contributed by atoms with Gasteiger partial charge in [0.05, 0.1) is 9.83 Å². The molecule has 0 amide bonds. The Balaban J connectivity index is 2.43. The van der Waals surface area contributed by atoms with E-state index in [4.69, 9.17) is 0 Å². The first kappa shape index (κ1) is 15.6. The van der Waals surface area contributed by atoms with Crippen LogP contribution in [0.3, 0.4) is 0 Å². The van der Waals surface area contributed by atoms with Crippen molar-refractivity contribution in [3.63, 3.8) is 0 Å². The van der Waals surface area contributed by atoms with Crippen molar-refractivity contribution >= 4 is 27.3 Å². The second-order valence-corrected chi connectivity index (χ2v) is 6.98. The van der Waals surface area contributed by atoms with Gasteiger partial charge in [-0.1, -0.05) is 6.92 Å². The maximum absolute atomic E-state index is 14.1. The van der Waals surface area contributed by atoms with Crippen molar-refractivity contribution in [1.29, 1.82) is 0 Å². The van der Waals surface area contributed by atoms with Gasteiger partial charge < -0.3 is 5.32 Å². The highest BCUT2D eigenvalue weighted by Gasteiger charge is 2.20. The minimum absolute atomic E-state index is 0.253. The van der Waals surface area contributed by atoms with Crippen LogP contribution in [-0.2, 0) is 0 Å². The van der Waals surface area contributed by atoms with Gasteiger partial charge in [0.1, 0.15) is 11.6 Å². The Kier molecular flexibility index (Phi) is 5.29. The summed E-state index contributed by atoms with van der Waals surface area (Å²) in [6.45, 7) is 4.48. The van der Waals surface area contributed by atoms with Crippen LogP contribution in [0.1, 0.15) is 36.1 Å². The summed E-state index contributed by atoms with van der Waals surface area (Å²) in [5.74, 6) is -1.02. The second kappa shape index (κ2) is 6.78. The average molecular weight is 360 g/mol. The molecule has 0 aliphatic rings. The zero-order chi connectivity index (χ0) is 14.7. The van der Waals surface area contributed by atoms with Crippen LogP contribution in [-0.4, -0.2) is 6.54 Å². The quantitative estimate of drug-likeness (QED) is 0.774. The number of rotatable bonds is 5. The first-order chi connectivity index (χ1) is 9.52. The topological polar surface area (TPSA) is 12.0 Å². The van der Waals surface area contributed by atoms with E-state index in [0.717, 1.165) is 28.4 Å². The lowest BCUT2D eigenvalue weighted by Crippen LogP contribution is -2.24. The molecule has 1 unspecified atom stereocenters. The van der Waals surface area contributed by atoms with Crippen LogP contribution < -0.4 is 5.32 Å². The van der Waals surface area contributed by atoms with Crippen molar-refractivity contribution in [2.45, 2.75) is 26.3 Å². The van der Waals surface area contributed by atoms with E-state index in [0.29, 0.717) is 11.1 Å². The fourth-order valence-corrected chi connectivity index (χ4v) is 3.27. The normalized spacial score (nSPS) is 12.7. The van der Waals surface area contributed by atoms with Gasteiger partial charge in [0, 0.05) is 11.6 Å². The smallest absolute Gasteiger partial charge is 0.131 e. The summed E-state index contributed by atoms with van der Waals surface area (Å²) in [4.78, 5) is 0. The third-order valence-corrected chi connectivity index (χ3v) is 4.63. The molecular weight excluding hydrogens is 344 g/mol. The minimum atomic E-state index is -0.510. The van der Waals surface area contributed by atoms with E-state index < -0.39 is 11.6 Å². The van der Waals surface area contributed by atoms with Gasteiger partial charge in [-0.25, -0.2) is 8.78 Å². The molecule has 0 bridgehead atoms. The van der Waals surface area contributed by atoms with Gasteiger partial charge in [-0.05, 0) is 64.5 Å². The fraction of sp³-hybridized carbons (Fsp3) is 0.333. The van der Waals surface area contributed by atoms with Crippen molar-refractivity contribution in [1.82, 2.24) is 5.32 Å². The van der Waals surface area contributed by atoms with Gasteiger partial charge in [-0.2, -0.15) is 0 Å². The molecule has 0 aliphatic heterocycles. The van der Waals surface area contributed by atoms with E-state index in [9.17, 15) is 8.78 Å². The molecule has 1 atom stereocenters. The van der Waals surface area contributed by atoms with Crippen molar-refractivity contribution in [2.24, 2.45) is 0 Å². The Hall–Kier alpha value is -0.780. The van der Waals surface area contributed by atoms with Gasteiger partial charge in [0.15, 0.2) is 0 Å². The molecule has 0 saturated carbocycles. The molecule has 1 heterocycles. The Bertz CT molecular complexity index is 598. The molecule has 0 aliphatic carbocycles. The van der Waals surface area contributed by atoms with Crippen LogP contribution in [0, 0.1) is 18.6 Å². The molecule has 1 N–H and O–H groups in total. The number of halogens is 3. The van der Waals surface area contributed by atoms with Gasteiger partial charge in [0.2, 0.25) is 0 Å². The van der Waals surface area contributed by atoms with Crippen LogP contribution in [0.5, 0.6) is 0 Å². The predicted molar refractivity (Wildman–Crippen MR) is 83.3 cm³/mol. The monoisotopic (exact) mass is 359 g/mol. The number of benzene rings is 1. The third-order valence-electron chi connectivity index (χ3n) is 3.11. The summed E-state index contributed by atoms with van der Waals surface area (Å²) in [6, 6.07) is 4.27. The summed E-state index contributed by atoms with van der Waals surface area (Å²) in [5.41, 5.74) is 1.93. The molecule has 2 aromatic rings. The zero-order valence-corrected chi connectivity index (χ0v) is 13.7. The van der Waals surface area contributed by atoms with Crippen LogP contribution in [0.15, 0.2) is 27.4 Å². The molecule has 1 aromatic heterocycles. The molecule has 108 valence electrons. The van der Waals surface area contributed by atoms with Crippen molar-refractivity contribution < 1.29 is 8.78 Å². The van der Waals surface area contributed by atoms with Crippen molar-refractivity contribution in [2.75, 3.05) is 6.54 Å². The maximum atomic E-state index is 14.1. The van der Waals surface area contributed by atoms with Crippen LogP contribution >= 0.6 is 27.3 Å². The molecule has 0 radical (unpaired) electrons. The van der Waals surface area contributed by atoms with E-state index in [2.05, 4.69) is 28.2 Å². The van der Waals surface area contributed by atoms with Crippen molar-refractivity contribution in [3.8, 4) is 0 Å². The molecule has 5 heteroatoms. The van der Waals surface area contributed by atoms with E-state index in [1.54, 1.807) is 24.3 Å².